The Bertz CT molecular complexity index is 953. The molecule has 0 bridgehead atoms. The number of benzene rings is 3. The number of fused-ring (bicyclic) bond motifs is 8. The largest absolute Gasteiger partial charge is 0.256 e. The van der Waals surface area contributed by atoms with Gasteiger partial charge in [-0.25, -0.2) is 0 Å². The maximum Gasteiger partial charge on any atom is 0.0715 e. The molecule has 2 nitrogen and oxygen atoms in total. The number of nitrogens with zero attached hydrogens (tertiary/aromatic N) is 2. The normalized spacial score (nSPS) is 14.7. The van der Waals surface area contributed by atoms with Crippen LogP contribution in [0.4, 0.5) is 11.4 Å². The Morgan fingerprint density at radius 3 is 2.23 bits per heavy atom. The minimum atomic E-state index is 1.21. The first-order chi connectivity index (χ1) is 10.9. The lowest BCUT2D eigenvalue weighted by Crippen LogP contribution is -2.39. The van der Waals surface area contributed by atoms with E-state index in [1.165, 1.54) is 33.3 Å². The Morgan fingerprint density at radius 2 is 1.32 bits per heavy atom. The third-order valence-corrected chi connectivity index (χ3v) is 4.37. The Morgan fingerprint density at radius 1 is 0.591 bits per heavy atom. The van der Waals surface area contributed by atoms with Crippen LogP contribution in [0.1, 0.15) is 0 Å². The van der Waals surface area contributed by atoms with Gasteiger partial charge in [-0.3, -0.25) is 10.0 Å². The zero-order valence-corrected chi connectivity index (χ0v) is 12.0. The van der Waals surface area contributed by atoms with Gasteiger partial charge in [0.15, 0.2) is 0 Å². The van der Waals surface area contributed by atoms with Crippen molar-refractivity contribution < 1.29 is 0 Å². The first-order valence-electron chi connectivity index (χ1n) is 7.48. The molecule has 0 N–H and O–H groups in total. The van der Waals surface area contributed by atoms with Crippen molar-refractivity contribution >= 4 is 22.1 Å². The minimum Gasteiger partial charge on any atom is -0.256 e. The Kier molecular flexibility index (Phi) is 2.25. The molecule has 104 valence electrons. The zero-order valence-electron chi connectivity index (χ0n) is 12.0. The van der Waals surface area contributed by atoms with Gasteiger partial charge >= 0.3 is 0 Å². The number of hydrazine groups is 1. The van der Waals surface area contributed by atoms with Crippen LogP contribution >= 0.6 is 0 Å². The molecule has 0 saturated carbocycles. The molecule has 0 radical (unpaired) electrons. The molecule has 3 aromatic carbocycles. The van der Waals surface area contributed by atoms with Gasteiger partial charge in [0.1, 0.15) is 0 Å². The summed E-state index contributed by atoms with van der Waals surface area (Å²) in [6, 6.07) is 21.6. The van der Waals surface area contributed by atoms with Crippen molar-refractivity contribution in [3.8, 4) is 11.1 Å². The molecule has 0 aliphatic carbocycles. The molecule has 3 aromatic rings. The summed E-state index contributed by atoms with van der Waals surface area (Å²) in [5.74, 6) is 0. The molecule has 0 saturated heterocycles. The molecule has 0 unspecified atom stereocenters. The summed E-state index contributed by atoms with van der Waals surface area (Å²) < 4.78 is 0. The van der Waals surface area contributed by atoms with E-state index in [1.54, 1.807) is 0 Å². The smallest absolute Gasteiger partial charge is 0.0715 e. The summed E-state index contributed by atoms with van der Waals surface area (Å²) >= 11 is 0. The lowest BCUT2D eigenvalue weighted by atomic mass is 9.93. The molecular weight excluding hydrogens is 268 g/mol. The predicted molar refractivity (Wildman–Crippen MR) is 92.6 cm³/mol. The minimum absolute atomic E-state index is 1.21. The standard InChI is InChI=1S/C20H14N2/c1-2-8-16-15(7-1)11-12-19-20(16)17-9-3-4-10-18(17)21-13-5-6-14-22(19)21/h1-14H. The van der Waals surface area contributed by atoms with E-state index in [9.17, 15) is 0 Å². The topological polar surface area (TPSA) is 6.48 Å². The van der Waals surface area contributed by atoms with Gasteiger partial charge in [-0.05, 0) is 35.1 Å². The van der Waals surface area contributed by atoms with Crippen molar-refractivity contribution in [2.24, 2.45) is 0 Å². The molecule has 2 heteroatoms. The van der Waals surface area contributed by atoms with Crippen LogP contribution in [0.15, 0.2) is 85.2 Å². The molecule has 0 atom stereocenters. The highest BCUT2D eigenvalue weighted by atomic mass is 15.6. The van der Waals surface area contributed by atoms with Gasteiger partial charge in [-0.1, -0.05) is 48.5 Å². The first-order valence-corrected chi connectivity index (χ1v) is 7.48. The van der Waals surface area contributed by atoms with Gasteiger partial charge in [0.05, 0.1) is 11.4 Å². The lowest BCUT2D eigenvalue weighted by Gasteiger charge is -2.41. The monoisotopic (exact) mass is 282 g/mol. The molecule has 0 spiro atoms. The molecule has 2 aliphatic heterocycles. The van der Waals surface area contributed by atoms with E-state index in [1.807, 2.05) is 0 Å². The van der Waals surface area contributed by atoms with E-state index >= 15 is 0 Å². The van der Waals surface area contributed by atoms with Crippen molar-refractivity contribution in [1.29, 1.82) is 0 Å². The number of hydrogen-bond donors (Lipinski definition) is 0. The highest BCUT2D eigenvalue weighted by Crippen LogP contribution is 2.47. The summed E-state index contributed by atoms with van der Waals surface area (Å²) in [6.07, 6.45) is 8.36. The van der Waals surface area contributed by atoms with Gasteiger partial charge in [0, 0.05) is 23.5 Å². The van der Waals surface area contributed by atoms with E-state index in [0.717, 1.165) is 0 Å². The van der Waals surface area contributed by atoms with Crippen LogP contribution in [0.5, 0.6) is 0 Å². The van der Waals surface area contributed by atoms with Crippen molar-refractivity contribution in [2.45, 2.75) is 0 Å². The predicted octanol–water partition coefficient (Wildman–Crippen LogP) is 5.09. The summed E-state index contributed by atoms with van der Waals surface area (Å²) in [5, 5.41) is 6.99. The third kappa shape index (κ3) is 1.44. The molecular formula is C20H14N2. The SMILES string of the molecule is C1=CN2c3ccccc3-c3c(ccc4ccccc34)N2C=C1. The second-order valence-corrected chi connectivity index (χ2v) is 5.57. The number of rotatable bonds is 0. The summed E-state index contributed by atoms with van der Waals surface area (Å²) in [7, 11) is 0. The third-order valence-electron chi connectivity index (χ3n) is 4.37. The van der Waals surface area contributed by atoms with Crippen molar-refractivity contribution in [1.82, 2.24) is 0 Å². The van der Waals surface area contributed by atoms with E-state index in [-0.39, 0.29) is 0 Å². The van der Waals surface area contributed by atoms with Crippen LogP contribution in [-0.2, 0) is 0 Å². The molecule has 2 aliphatic rings. The van der Waals surface area contributed by atoms with Gasteiger partial charge in [-0.15, -0.1) is 0 Å². The van der Waals surface area contributed by atoms with Crippen molar-refractivity contribution in [3.63, 3.8) is 0 Å². The summed E-state index contributed by atoms with van der Waals surface area (Å²) in [5.41, 5.74) is 5.03. The average molecular weight is 282 g/mol. The molecule has 5 rings (SSSR count). The summed E-state index contributed by atoms with van der Waals surface area (Å²) in [6.45, 7) is 0. The number of anilines is 2. The molecule has 22 heavy (non-hydrogen) atoms. The van der Waals surface area contributed by atoms with E-state index in [4.69, 9.17) is 0 Å². The fourth-order valence-corrected chi connectivity index (χ4v) is 3.42. The van der Waals surface area contributed by atoms with E-state index < -0.39 is 0 Å². The van der Waals surface area contributed by atoms with Crippen LogP contribution in [0.3, 0.4) is 0 Å². The maximum absolute atomic E-state index is 2.21. The van der Waals surface area contributed by atoms with Gasteiger partial charge < -0.3 is 0 Å². The van der Waals surface area contributed by atoms with Crippen LogP contribution in [0.2, 0.25) is 0 Å². The average Bonchev–Trinajstić information content (AvgIpc) is 2.61. The number of hydrogen-bond acceptors (Lipinski definition) is 2. The van der Waals surface area contributed by atoms with Crippen LogP contribution in [0.25, 0.3) is 21.9 Å². The summed E-state index contributed by atoms with van der Waals surface area (Å²) in [4.78, 5) is 0. The van der Waals surface area contributed by atoms with Gasteiger partial charge in [-0.2, -0.15) is 0 Å². The molecule has 0 aromatic heterocycles. The lowest BCUT2D eigenvalue weighted by molar-refractivity contribution is 0.954. The fourth-order valence-electron chi connectivity index (χ4n) is 3.42. The molecule has 0 fully saturated rings. The zero-order chi connectivity index (χ0) is 14.5. The second-order valence-electron chi connectivity index (χ2n) is 5.57. The van der Waals surface area contributed by atoms with Crippen molar-refractivity contribution in [3.05, 3.63) is 85.2 Å². The van der Waals surface area contributed by atoms with E-state index in [0.29, 0.717) is 0 Å². The van der Waals surface area contributed by atoms with Crippen LogP contribution in [-0.4, -0.2) is 0 Å². The number of para-hydroxylation sites is 1. The van der Waals surface area contributed by atoms with Gasteiger partial charge in [0.25, 0.3) is 0 Å². The Hall–Kier alpha value is -3.00. The molecule has 0 amide bonds. The van der Waals surface area contributed by atoms with Crippen LogP contribution in [0, 0.1) is 0 Å². The fraction of sp³-hybridized carbons (Fsp3) is 0. The van der Waals surface area contributed by atoms with E-state index in [2.05, 4.69) is 95.2 Å². The number of allylic oxidation sites excluding steroid dienone is 2. The Labute approximate surface area is 129 Å². The first kappa shape index (κ1) is 11.6. The van der Waals surface area contributed by atoms with Crippen molar-refractivity contribution in [2.75, 3.05) is 10.0 Å². The van der Waals surface area contributed by atoms with Gasteiger partial charge in [0.2, 0.25) is 0 Å². The van der Waals surface area contributed by atoms with Crippen LogP contribution < -0.4 is 10.0 Å². The quantitative estimate of drug-likeness (QED) is 0.566. The molecule has 2 heterocycles. The Balaban J connectivity index is 1.94. The second kappa shape index (κ2) is 4.25. The highest BCUT2D eigenvalue weighted by Gasteiger charge is 2.28. The highest BCUT2D eigenvalue weighted by molar-refractivity contribution is 6.08. The maximum atomic E-state index is 2.21.